The Labute approximate surface area is 148 Å². The minimum Gasteiger partial charge on any atom is -0.381 e. The Hall–Kier alpha value is -1.89. The first-order valence-corrected chi connectivity index (χ1v) is 9.23. The van der Waals surface area contributed by atoms with Crippen LogP contribution >= 0.6 is 0 Å². The van der Waals surface area contributed by atoms with Crippen molar-refractivity contribution < 1.29 is 14.3 Å². The van der Waals surface area contributed by atoms with Gasteiger partial charge < -0.3 is 14.5 Å². The maximum Gasteiger partial charge on any atom is 0.274 e. The normalized spacial score (nSPS) is 18.8. The molecule has 0 radical (unpaired) electrons. The standard InChI is InChI=1S/C18H28N4O3/c1-14-13-16(19-20(14)2)18(24)22(15-6-11-25-12-7-15)10-4-9-21-8-3-5-17(21)23/h13,15H,3-12H2,1-2H3. The molecule has 1 aromatic heterocycles. The lowest BCUT2D eigenvalue weighted by Crippen LogP contribution is -2.45. The number of hydrogen-bond acceptors (Lipinski definition) is 4. The van der Waals surface area contributed by atoms with Crippen molar-refractivity contribution >= 4 is 11.8 Å². The molecule has 3 rings (SSSR count). The molecule has 3 heterocycles. The van der Waals surface area contributed by atoms with E-state index in [0.29, 0.717) is 31.9 Å². The summed E-state index contributed by atoms with van der Waals surface area (Å²) in [5.41, 5.74) is 1.47. The minimum atomic E-state index is -0.0108. The number of carbonyl (C=O) groups is 2. The maximum atomic E-state index is 13.0. The van der Waals surface area contributed by atoms with Crippen LogP contribution in [-0.2, 0) is 16.6 Å². The molecule has 25 heavy (non-hydrogen) atoms. The lowest BCUT2D eigenvalue weighted by atomic mass is 10.1. The Bertz CT molecular complexity index is 602. The van der Waals surface area contributed by atoms with Crippen LogP contribution in [0.25, 0.3) is 0 Å². The highest BCUT2D eigenvalue weighted by Gasteiger charge is 2.28. The van der Waals surface area contributed by atoms with E-state index in [4.69, 9.17) is 4.74 Å². The molecule has 7 nitrogen and oxygen atoms in total. The van der Waals surface area contributed by atoms with E-state index in [1.54, 1.807) is 4.68 Å². The van der Waals surface area contributed by atoms with Crippen LogP contribution in [0.4, 0.5) is 0 Å². The van der Waals surface area contributed by atoms with Gasteiger partial charge in [-0.25, -0.2) is 0 Å². The summed E-state index contributed by atoms with van der Waals surface area (Å²) < 4.78 is 7.18. The summed E-state index contributed by atoms with van der Waals surface area (Å²) in [4.78, 5) is 28.7. The van der Waals surface area contributed by atoms with E-state index in [1.165, 1.54) is 0 Å². The zero-order valence-electron chi connectivity index (χ0n) is 15.2. The van der Waals surface area contributed by atoms with Gasteiger partial charge in [0.15, 0.2) is 5.69 Å². The SMILES string of the molecule is Cc1cc(C(=O)N(CCCN2CCCC2=O)C2CCOCC2)nn1C. The highest BCUT2D eigenvalue weighted by atomic mass is 16.5. The van der Waals surface area contributed by atoms with Gasteiger partial charge in [-0.05, 0) is 38.7 Å². The van der Waals surface area contributed by atoms with Gasteiger partial charge in [0.05, 0.1) is 0 Å². The number of amides is 2. The number of hydrogen-bond donors (Lipinski definition) is 0. The third kappa shape index (κ3) is 4.21. The van der Waals surface area contributed by atoms with Crippen molar-refractivity contribution in [2.24, 2.45) is 7.05 Å². The van der Waals surface area contributed by atoms with Crippen LogP contribution in [0.2, 0.25) is 0 Å². The monoisotopic (exact) mass is 348 g/mol. The molecule has 0 atom stereocenters. The van der Waals surface area contributed by atoms with Gasteiger partial charge in [-0.15, -0.1) is 0 Å². The number of carbonyl (C=O) groups excluding carboxylic acids is 2. The first-order chi connectivity index (χ1) is 12.1. The summed E-state index contributed by atoms with van der Waals surface area (Å²) in [5, 5.41) is 4.35. The fourth-order valence-corrected chi connectivity index (χ4v) is 3.63. The molecule has 7 heteroatoms. The van der Waals surface area contributed by atoms with E-state index in [2.05, 4.69) is 5.10 Å². The first-order valence-electron chi connectivity index (χ1n) is 9.23. The molecule has 0 N–H and O–H groups in total. The average molecular weight is 348 g/mol. The fourth-order valence-electron chi connectivity index (χ4n) is 3.63. The summed E-state index contributed by atoms with van der Waals surface area (Å²) in [6.45, 7) is 5.57. The van der Waals surface area contributed by atoms with E-state index >= 15 is 0 Å². The van der Waals surface area contributed by atoms with Gasteiger partial charge >= 0.3 is 0 Å². The Balaban J connectivity index is 1.65. The van der Waals surface area contributed by atoms with Crippen LogP contribution in [0, 0.1) is 6.92 Å². The van der Waals surface area contributed by atoms with E-state index < -0.39 is 0 Å². The molecule has 2 amide bonds. The molecule has 2 saturated heterocycles. The van der Waals surface area contributed by atoms with Gasteiger partial charge in [0, 0.05) is 58.1 Å². The highest BCUT2D eigenvalue weighted by Crippen LogP contribution is 2.19. The molecule has 1 aromatic rings. The number of aryl methyl sites for hydroxylation is 2. The zero-order valence-corrected chi connectivity index (χ0v) is 15.2. The molecule has 0 bridgehead atoms. The Kier molecular flexibility index (Phi) is 5.73. The predicted molar refractivity (Wildman–Crippen MR) is 93.3 cm³/mol. The second-order valence-corrected chi connectivity index (χ2v) is 6.97. The van der Waals surface area contributed by atoms with Crippen LogP contribution in [0.15, 0.2) is 6.07 Å². The lowest BCUT2D eigenvalue weighted by Gasteiger charge is -2.34. The Morgan fingerprint density at radius 1 is 1.40 bits per heavy atom. The van der Waals surface area contributed by atoms with Crippen molar-refractivity contribution in [2.75, 3.05) is 32.8 Å². The summed E-state index contributed by atoms with van der Waals surface area (Å²) in [6, 6.07) is 2.04. The van der Waals surface area contributed by atoms with Crippen molar-refractivity contribution in [3.05, 3.63) is 17.5 Å². The maximum absolute atomic E-state index is 13.0. The molecular formula is C18H28N4O3. The van der Waals surface area contributed by atoms with Gasteiger partial charge in [-0.1, -0.05) is 0 Å². The van der Waals surface area contributed by atoms with Gasteiger partial charge in [-0.2, -0.15) is 5.10 Å². The first kappa shape index (κ1) is 17.9. The third-order valence-electron chi connectivity index (χ3n) is 5.22. The molecule has 138 valence electrons. The number of aromatic nitrogens is 2. The van der Waals surface area contributed by atoms with Crippen LogP contribution in [-0.4, -0.2) is 70.3 Å². The molecule has 0 aromatic carbocycles. The van der Waals surface area contributed by atoms with E-state index in [1.807, 2.05) is 29.8 Å². The average Bonchev–Trinajstić information content (AvgIpc) is 3.17. The van der Waals surface area contributed by atoms with Crippen molar-refractivity contribution in [3.8, 4) is 0 Å². The molecule has 0 unspecified atom stereocenters. The third-order valence-corrected chi connectivity index (χ3v) is 5.22. The minimum absolute atomic E-state index is 0.0108. The smallest absolute Gasteiger partial charge is 0.274 e. The quantitative estimate of drug-likeness (QED) is 0.778. The number of rotatable bonds is 6. The summed E-state index contributed by atoms with van der Waals surface area (Å²) in [6.07, 6.45) is 4.14. The number of likely N-dealkylation sites (tertiary alicyclic amines) is 1. The van der Waals surface area contributed by atoms with Crippen molar-refractivity contribution in [1.82, 2.24) is 19.6 Å². The molecule has 0 saturated carbocycles. The number of ether oxygens (including phenoxy) is 1. The largest absolute Gasteiger partial charge is 0.381 e. The van der Waals surface area contributed by atoms with E-state index in [-0.39, 0.29) is 17.9 Å². The van der Waals surface area contributed by atoms with Crippen LogP contribution in [0.3, 0.4) is 0 Å². The van der Waals surface area contributed by atoms with Crippen LogP contribution < -0.4 is 0 Å². The second-order valence-electron chi connectivity index (χ2n) is 6.97. The highest BCUT2D eigenvalue weighted by molar-refractivity contribution is 5.92. The number of nitrogens with zero attached hydrogens (tertiary/aromatic N) is 4. The molecule has 0 aliphatic carbocycles. The predicted octanol–water partition coefficient (Wildman–Crippen LogP) is 1.36. The summed E-state index contributed by atoms with van der Waals surface area (Å²) in [7, 11) is 1.85. The van der Waals surface area contributed by atoms with Crippen molar-refractivity contribution in [2.45, 2.75) is 45.1 Å². The fraction of sp³-hybridized carbons (Fsp3) is 0.722. The summed E-state index contributed by atoms with van der Waals surface area (Å²) in [5.74, 6) is 0.229. The lowest BCUT2D eigenvalue weighted by molar-refractivity contribution is -0.127. The van der Waals surface area contributed by atoms with E-state index in [0.717, 1.165) is 44.5 Å². The molecule has 0 spiro atoms. The second kappa shape index (κ2) is 7.99. The Morgan fingerprint density at radius 2 is 2.16 bits per heavy atom. The van der Waals surface area contributed by atoms with Gasteiger partial charge in [-0.3, -0.25) is 14.3 Å². The zero-order chi connectivity index (χ0) is 17.8. The molecule has 2 fully saturated rings. The van der Waals surface area contributed by atoms with Gasteiger partial charge in [0.2, 0.25) is 5.91 Å². The molecular weight excluding hydrogens is 320 g/mol. The van der Waals surface area contributed by atoms with E-state index in [9.17, 15) is 9.59 Å². The van der Waals surface area contributed by atoms with Gasteiger partial charge in [0.1, 0.15) is 0 Å². The van der Waals surface area contributed by atoms with Crippen molar-refractivity contribution in [3.63, 3.8) is 0 Å². The van der Waals surface area contributed by atoms with Crippen LogP contribution in [0.1, 0.15) is 48.3 Å². The topological polar surface area (TPSA) is 67.7 Å². The Morgan fingerprint density at radius 3 is 2.76 bits per heavy atom. The molecule has 2 aliphatic heterocycles. The van der Waals surface area contributed by atoms with Crippen molar-refractivity contribution in [1.29, 1.82) is 0 Å². The summed E-state index contributed by atoms with van der Waals surface area (Å²) >= 11 is 0. The van der Waals surface area contributed by atoms with Crippen LogP contribution in [0.5, 0.6) is 0 Å². The molecule has 2 aliphatic rings. The van der Waals surface area contributed by atoms with Gasteiger partial charge in [0.25, 0.3) is 5.91 Å².